The van der Waals surface area contributed by atoms with Gasteiger partial charge in [-0.25, -0.2) is 9.59 Å². The first-order valence-electron chi connectivity index (χ1n) is 12.8. The van der Waals surface area contributed by atoms with E-state index >= 15 is 0 Å². The van der Waals surface area contributed by atoms with Crippen LogP contribution in [0, 0.1) is 5.92 Å². The Morgan fingerprint density at radius 2 is 1.35 bits per heavy atom. The van der Waals surface area contributed by atoms with E-state index in [1.807, 2.05) is 48.5 Å². The summed E-state index contributed by atoms with van der Waals surface area (Å²) in [5, 5.41) is 0. The Bertz CT molecular complexity index is 1390. The molecule has 208 valence electrons. The Morgan fingerprint density at radius 1 is 0.775 bits per heavy atom. The highest BCUT2D eigenvalue weighted by Gasteiger charge is 2.15. The summed E-state index contributed by atoms with van der Waals surface area (Å²) in [4.78, 5) is 36.1. The zero-order valence-corrected chi connectivity index (χ0v) is 23.3. The summed E-state index contributed by atoms with van der Waals surface area (Å²) in [5.41, 5.74) is 4.92. The summed E-state index contributed by atoms with van der Waals surface area (Å²) in [6.07, 6.45) is 0.561. The van der Waals surface area contributed by atoms with Gasteiger partial charge in [-0.2, -0.15) is 0 Å². The number of benzene rings is 3. The largest absolute Gasteiger partial charge is 0.465 e. The Labute approximate surface area is 235 Å². The lowest BCUT2D eigenvalue weighted by Gasteiger charge is -2.14. The smallest absolute Gasteiger partial charge is 0.338 e. The third-order valence-electron chi connectivity index (χ3n) is 6.00. The third kappa shape index (κ3) is 8.25. The number of rotatable bonds is 12. The lowest BCUT2D eigenvalue weighted by atomic mass is 9.97. The molecule has 3 aromatic carbocycles. The zero-order chi connectivity index (χ0) is 29.2. The topological polar surface area (TPSA) is 88.1 Å². The molecule has 0 aliphatic rings. The first-order valence-corrected chi connectivity index (χ1v) is 12.8. The fraction of sp³-hybridized carbons (Fsp3) is 0.242. The molecule has 7 heteroatoms. The molecular formula is C33H34O7. The molecule has 3 rings (SSSR count). The van der Waals surface area contributed by atoms with E-state index in [1.54, 1.807) is 46.1 Å². The molecule has 40 heavy (non-hydrogen) atoms. The van der Waals surface area contributed by atoms with Gasteiger partial charge in [-0.15, -0.1) is 0 Å². The molecule has 0 spiro atoms. The predicted molar refractivity (Wildman–Crippen MR) is 154 cm³/mol. The van der Waals surface area contributed by atoms with Crippen LogP contribution < -0.4 is 9.47 Å². The summed E-state index contributed by atoms with van der Waals surface area (Å²) in [7, 11) is 1.55. The van der Waals surface area contributed by atoms with Crippen LogP contribution in [0.4, 0.5) is 0 Å². The molecule has 1 unspecified atom stereocenters. The molecule has 7 nitrogen and oxygen atoms in total. The minimum atomic E-state index is -0.515. The number of carbonyl (C=O) groups excluding carboxylic acids is 3. The average Bonchev–Trinajstić information content (AvgIpc) is 2.94. The fourth-order valence-corrected chi connectivity index (χ4v) is 3.70. The molecule has 0 aliphatic heterocycles. The number of hydrogen-bond donors (Lipinski definition) is 0. The number of esters is 3. The van der Waals surface area contributed by atoms with Crippen LogP contribution in [0.2, 0.25) is 0 Å². The molecule has 0 aromatic heterocycles. The summed E-state index contributed by atoms with van der Waals surface area (Å²) in [5.74, 6) is -0.792. The molecule has 0 N–H and O–H groups in total. The van der Waals surface area contributed by atoms with Gasteiger partial charge in [-0.3, -0.25) is 4.79 Å². The number of carbonyl (C=O) groups is 3. The maximum Gasteiger partial charge on any atom is 0.338 e. The monoisotopic (exact) mass is 542 g/mol. The molecule has 3 aromatic rings. The Kier molecular flexibility index (Phi) is 10.6. The van der Waals surface area contributed by atoms with Crippen LogP contribution in [0.15, 0.2) is 91.0 Å². The second-order valence-corrected chi connectivity index (χ2v) is 9.55. The van der Waals surface area contributed by atoms with Gasteiger partial charge in [0.15, 0.2) is 0 Å². The number of ether oxygens (including phenoxy) is 4. The first-order chi connectivity index (χ1) is 19.1. The predicted octanol–water partition coefficient (Wildman–Crippen LogP) is 6.35. The van der Waals surface area contributed by atoms with Crippen LogP contribution >= 0.6 is 0 Å². The van der Waals surface area contributed by atoms with Gasteiger partial charge in [0.25, 0.3) is 0 Å². The van der Waals surface area contributed by atoms with Crippen molar-refractivity contribution < 1.29 is 33.3 Å². The van der Waals surface area contributed by atoms with Gasteiger partial charge in [0.2, 0.25) is 0 Å². The van der Waals surface area contributed by atoms with Crippen LogP contribution in [-0.4, -0.2) is 38.2 Å². The van der Waals surface area contributed by atoms with Crippen LogP contribution in [-0.2, 0) is 30.3 Å². The van der Waals surface area contributed by atoms with E-state index in [1.165, 1.54) is 0 Å². The second kappa shape index (κ2) is 14.1. The minimum Gasteiger partial charge on any atom is -0.465 e. The van der Waals surface area contributed by atoms with Crippen molar-refractivity contribution in [2.75, 3.05) is 20.3 Å². The quantitative estimate of drug-likeness (QED) is 0.150. The third-order valence-corrected chi connectivity index (χ3v) is 6.00. The van der Waals surface area contributed by atoms with E-state index < -0.39 is 11.9 Å². The Balaban J connectivity index is 1.83. The van der Waals surface area contributed by atoms with Crippen molar-refractivity contribution in [2.45, 2.75) is 27.2 Å². The molecule has 0 heterocycles. The molecule has 0 saturated carbocycles. The van der Waals surface area contributed by atoms with Crippen molar-refractivity contribution >= 4 is 17.9 Å². The first kappa shape index (κ1) is 30.1. The standard InChI is InChI=1S/C33H34O7/c1-21(2)31(34)39-28-14-11-25(12-15-28)27-13-16-30(40-32(35)22(3)4)29(19-27)26-9-7-24(8-10-26)17-18-38-33(36)23(5)20-37-6/h7-16,19,23H,1,3,17-18,20H2,2,4-6H3. The van der Waals surface area contributed by atoms with Gasteiger partial charge >= 0.3 is 17.9 Å². The molecule has 1 atom stereocenters. The van der Waals surface area contributed by atoms with Gasteiger partial charge in [-0.05, 0) is 67.3 Å². The van der Waals surface area contributed by atoms with Crippen molar-refractivity contribution in [3.8, 4) is 33.8 Å². The van der Waals surface area contributed by atoms with Crippen molar-refractivity contribution in [3.63, 3.8) is 0 Å². The number of methoxy groups -OCH3 is 1. The average molecular weight is 543 g/mol. The summed E-state index contributed by atoms with van der Waals surface area (Å²) in [6.45, 7) is 12.8. The summed E-state index contributed by atoms with van der Waals surface area (Å²) >= 11 is 0. The minimum absolute atomic E-state index is 0.265. The highest BCUT2D eigenvalue weighted by molar-refractivity contribution is 5.91. The highest BCUT2D eigenvalue weighted by Crippen LogP contribution is 2.35. The van der Waals surface area contributed by atoms with Gasteiger partial charge in [0, 0.05) is 30.2 Å². The molecule has 0 bridgehead atoms. The SMILES string of the molecule is C=C(C)C(=O)Oc1ccc(-c2ccc(OC(=O)C(=C)C)c(-c3ccc(CCOC(=O)C(C)COC)cc3)c2)cc1. The van der Waals surface area contributed by atoms with Gasteiger partial charge < -0.3 is 18.9 Å². The van der Waals surface area contributed by atoms with Gasteiger partial charge in [0.1, 0.15) is 11.5 Å². The van der Waals surface area contributed by atoms with Gasteiger partial charge in [-0.1, -0.05) is 55.6 Å². The summed E-state index contributed by atoms with van der Waals surface area (Å²) < 4.78 is 21.3. The van der Waals surface area contributed by atoms with Crippen LogP contribution in [0.1, 0.15) is 26.3 Å². The molecule has 0 aliphatic carbocycles. The van der Waals surface area contributed by atoms with E-state index in [9.17, 15) is 14.4 Å². The van der Waals surface area contributed by atoms with Crippen molar-refractivity contribution in [3.05, 3.63) is 96.6 Å². The molecule has 0 amide bonds. The fourth-order valence-electron chi connectivity index (χ4n) is 3.70. The maximum absolute atomic E-state index is 12.3. The van der Waals surface area contributed by atoms with E-state index in [4.69, 9.17) is 18.9 Å². The van der Waals surface area contributed by atoms with Crippen LogP contribution in [0.3, 0.4) is 0 Å². The maximum atomic E-state index is 12.3. The van der Waals surface area contributed by atoms with E-state index in [-0.39, 0.29) is 18.5 Å². The van der Waals surface area contributed by atoms with Crippen LogP contribution in [0.5, 0.6) is 11.5 Å². The molecule has 0 radical (unpaired) electrons. The molecular weight excluding hydrogens is 508 g/mol. The Hall–Kier alpha value is -4.49. The Morgan fingerprint density at radius 3 is 1.95 bits per heavy atom. The normalized spacial score (nSPS) is 11.3. The van der Waals surface area contributed by atoms with E-state index in [2.05, 4.69) is 13.2 Å². The number of hydrogen-bond acceptors (Lipinski definition) is 7. The lowest BCUT2D eigenvalue weighted by Crippen LogP contribution is -2.20. The van der Waals surface area contributed by atoms with Gasteiger partial charge in [0.05, 0.1) is 19.1 Å². The molecule has 0 fully saturated rings. The van der Waals surface area contributed by atoms with Crippen molar-refractivity contribution in [1.82, 2.24) is 0 Å². The summed E-state index contributed by atoms with van der Waals surface area (Å²) in [6, 6.07) is 20.4. The molecule has 0 saturated heterocycles. The zero-order valence-electron chi connectivity index (χ0n) is 23.3. The van der Waals surface area contributed by atoms with Crippen molar-refractivity contribution in [1.29, 1.82) is 0 Å². The van der Waals surface area contributed by atoms with E-state index in [0.717, 1.165) is 27.8 Å². The van der Waals surface area contributed by atoms with E-state index in [0.29, 0.717) is 35.7 Å². The van der Waals surface area contributed by atoms with Crippen LogP contribution in [0.25, 0.3) is 22.3 Å². The second-order valence-electron chi connectivity index (χ2n) is 9.55. The highest BCUT2D eigenvalue weighted by atomic mass is 16.5. The van der Waals surface area contributed by atoms with Crippen molar-refractivity contribution in [2.24, 2.45) is 5.92 Å². The lowest BCUT2D eigenvalue weighted by molar-refractivity contribution is -0.149.